The summed E-state index contributed by atoms with van der Waals surface area (Å²) in [6.45, 7) is 4.79. The van der Waals surface area contributed by atoms with E-state index in [1.54, 1.807) is 6.07 Å². The fourth-order valence-corrected chi connectivity index (χ4v) is 1.63. The van der Waals surface area contributed by atoms with Gasteiger partial charge in [-0.05, 0) is 31.9 Å². The van der Waals surface area contributed by atoms with E-state index in [-0.39, 0.29) is 12.5 Å². The molecule has 0 aliphatic heterocycles. The average Bonchev–Trinajstić information content (AvgIpc) is 2.43. The van der Waals surface area contributed by atoms with E-state index in [1.807, 2.05) is 25.1 Å². The third kappa shape index (κ3) is 3.50. The lowest BCUT2D eigenvalue weighted by molar-refractivity contribution is -0.156. The van der Waals surface area contributed by atoms with E-state index in [4.69, 9.17) is 9.84 Å². The molecule has 0 bridgehead atoms. The number of likely N-dealkylation sites (N-methyl/N-ethyl adjacent to an activating group) is 1. The first kappa shape index (κ1) is 16.0. The Bertz CT molecular complexity index is 496. The van der Waals surface area contributed by atoms with Gasteiger partial charge in [0.05, 0.1) is 0 Å². The molecule has 0 atom stereocenters. The van der Waals surface area contributed by atoms with Crippen molar-refractivity contribution in [2.45, 2.75) is 32.7 Å². The van der Waals surface area contributed by atoms with E-state index in [2.05, 4.69) is 0 Å². The molecule has 0 fully saturated rings. The summed E-state index contributed by atoms with van der Waals surface area (Å²) in [6.07, 6.45) is 0.806. The van der Waals surface area contributed by atoms with Gasteiger partial charge in [0.25, 0.3) is 5.91 Å². The number of hydrogen-bond acceptors (Lipinski definition) is 3. The molecule has 5 nitrogen and oxygen atoms in total. The molecule has 1 amide bonds. The third-order valence-corrected chi connectivity index (χ3v) is 3.44. The molecule has 0 aliphatic carbocycles. The molecule has 1 rings (SSSR count). The monoisotopic (exact) mass is 279 g/mol. The Hall–Kier alpha value is -2.04. The number of hydrogen-bond donors (Lipinski definition) is 1. The molecule has 0 unspecified atom stereocenters. The molecule has 5 heteroatoms. The van der Waals surface area contributed by atoms with E-state index in [9.17, 15) is 9.59 Å². The van der Waals surface area contributed by atoms with E-state index >= 15 is 0 Å². The third-order valence-electron chi connectivity index (χ3n) is 3.44. The number of rotatable bonds is 6. The van der Waals surface area contributed by atoms with Gasteiger partial charge in [0, 0.05) is 7.05 Å². The number of carboxylic acid groups (broad SMARTS) is 1. The number of ether oxygens (including phenoxy) is 1. The minimum Gasteiger partial charge on any atom is -0.483 e. The van der Waals surface area contributed by atoms with Crippen molar-refractivity contribution in [3.8, 4) is 5.75 Å². The van der Waals surface area contributed by atoms with Gasteiger partial charge in [-0.25, -0.2) is 4.79 Å². The Morgan fingerprint density at radius 1 is 1.30 bits per heavy atom. The summed E-state index contributed by atoms with van der Waals surface area (Å²) in [5, 5.41) is 9.09. The topological polar surface area (TPSA) is 66.8 Å². The van der Waals surface area contributed by atoms with Crippen LogP contribution in [0.1, 0.15) is 26.3 Å². The summed E-state index contributed by atoms with van der Waals surface area (Å²) in [4.78, 5) is 24.3. The van der Waals surface area contributed by atoms with Gasteiger partial charge >= 0.3 is 5.97 Å². The quantitative estimate of drug-likeness (QED) is 0.864. The van der Waals surface area contributed by atoms with Gasteiger partial charge in [-0.2, -0.15) is 0 Å². The summed E-state index contributed by atoms with van der Waals surface area (Å²) >= 11 is 0. The highest BCUT2D eigenvalue weighted by molar-refractivity contribution is 5.86. The summed E-state index contributed by atoms with van der Waals surface area (Å²) in [6, 6.07) is 7.48. The molecule has 1 N–H and O–H groups in total. The standard InChI is InChI=1S/C15H21NO4/c1-5-11-8-6-7-9-12(11)20-10-13(17)16(4)15(2,3)14(18)19/h6-9H,5,10H2,1-4H3,(H,18,19). The van der Waals surface area contributed by atoms with Crippen LogP contribution >= 0.6 is 0 Å². The van der Waals surface area contributed by atoms with Gasteiger partial charge in [-0.1, -0.05) is 25.1 Å². The zero-order chi connectivity index (χ0) is 15.3. The predicted octanol–water partition coefficient (Wildman–Crippen LogP) is 1.95. The predicted molar refractivity (Wildman–Crippen MR) is 75.8 cm³/mol. The lowest BCUT2D eigenvalue weighted by Gasteiger charge is -2.31. The average molecular weight is 279 g/mol. The number of aliphatic carboxylic acids is 1. The minimum atomic E-state index is -1.26. The SMILES string of the molecule is CCc1ccccc1OCC(=O)N(C)C(C)(C)C(=O)O. The molecular weight excluding hydrogens is 258 g/mol. The Kier molecular flexibility index (Phi) is 5.13. The number of benzene rings is 1. The molecule has 1 aromatic carbocycles. The molecule has 0 saturated heterocycles. The van der Waals surface area contributed by atoms with Gasteiger partial charge in [0.2, 0.25) is 0 Å². The number of amides is 1. The largest absolute Gasteiger partial charge is 0.483 e. The normalized spacial score (nSPS) is 11.0. The molecule has 0 radical (unpaired) electrons. The molecular formula is C15H21NO4. The summed E-state index contributed by atoms with van der Waals surface area (Å²) in [5.74, 6) is -0.768. The van der Waals surface area contributed by atoms with Crippen LogP contribution in [0.2, 0.25) is 0 Å². The summed E-state index contributed by atoms with van der Waals surface area (Å²) in [7, 11) is 1.46. The molecule has 0 saturated carbocycles. The van der Waals surface area contributed by atoms with Crippen LogP contribution in [0.3, 0.4) is 0 Å². The Balaban J connectivity index is 2.70. The molecule has 20 heavy (non-hydrogen) atoms. The van der Waals surface area contributed by atoms with Crippen molar-refractivity contribution in [2.24, 2.45) is 0 Å². The second-order valence-corrected chi connectivity index (χ2v) is 5.07. The van der Waals surface area contributed by atoms with Gasteiger partial charge in [-0.15, -0.1) is 0 Å². The molecule has 0 aromatic heterocycles. The van der Waals surface area contributed by atoms with Crippen molar-refractivity contribution in [3.63, 3.8) is 0 Å². The highest BCUT2D eigenvalue weighted by atomic mass is 16.5. The van der Waals surface area contributed by atoms with E-state index in [0.717, 1.165) is 12.0 Å². The first-order valence-electron chi connectivity index (χ1n) is 6.51. The van der Waals surface area contributed by atoms with Crippen molar-refractivity contribution in [2.75, 3.05) is 13.7 Å². The van der Waals surface area contributed by atoms with Gasteiger partial charge < -0.3 is 14.7 Å². The number of carbonyl (C=O) groups is 2. The van der Waals surface area contributed by atoms with E-state index < -0.39 is 11.5 Å². The Labute approximate surface area is 119 Å². The molecule has 1 aromatic rings. The first-order chi connectivity index (χ1) is 9.30. The number of carbonyl (C=O) groups excluding carboxylic acids is 1. The van der Waals surface area contributed by atoms with Crippen LogP contribution in [-0.2, 0) is 16.0 Å². The fourth-order valence-electron chi connectivity index (χ4n) is 1.63. The zero-order valence-corrected chi connectivity index (χ0v) is 12.3. The highest BCUT2D eigenvalue weighted by Crippen LogP contribution is 2.19. The molecule has 0 aliphatic rings. The zero-order valence-electron chi connectivity index (χ0n) is 12.3. The van der Waals surface area contributed by atoms with Crippen LogP contribution in [0, 0.1) is 0 Å². The Morgan fingerprint density at radius 2 is 1.90 bits per heavy atom. The number of nitrogens with zero attached hydrogens (tertiary/aromatic N) is 1. The molecule has 110 valence electrons. The van der Waals surface area contributed by atoms with Gasteiger partial charge in [0.1, 0.15) is 11.3 Å². The molecule has 0 spiro atoms. The maximum atomic E-state index is 12.0. The summed E-state index contributed by atoms with van der Waals surface area (Å²) < 4.78 is 5.50. The van der Waals surface area contributed by atoms with E-state index in [1.165, 1.54) is 25.8 Å². The van der Waals surface area contributed by atoms with Crippen molar-refractivity contribution in [1.82, 2.24) is 4.90 Å². The maximum Gasteiger partial charge on any atom is 0.329 e. The lowest BCUT2D eigenvalue weighted by atomic mass is 10.0. The molecule has 0 heterocycles. The summed E-state index contributed by atoms with van der Waals surface area (Å²) in [5.41, 5.74) is -0.245. The number of carboxylic acids is 1. The minimum absolute atomic E-state index is 0.176. The van der Waals surface area contributed by atoms with Crippen LogP contribution in [0.4, 0.5) is 0 Å². The van der Waals surface area contributed by atoms with Crippen LogP contribution in [0.25, 0.3) is 0 Å². The Morgan fingerprint density at radius 3 is 2.45 bits per heavy atom. The lowest BCUT2D eigenvalue weighted by Crippen LogP contribution is -2.52. The van der Waals surface area contributed by atoms with Crippen LogP contribution < -0.4 is 4.74 Å². The maximum absolute atomic E-state index is 12.0. The number of aryl methyl sites for hydroxylation is 1. The smallest absolute Gasteiger partial charge is 0.329 e. The highest BCUT2D eigenvalue weighted by Gasteiger charge is 2.35. The fraction of sp³-hybridized carbons (Fsp3) is 0.467. The number of para-hydroxylation sites is 1. The van der Waals surface area contributed by atoms with Crippen molar-refractivity contribution < 1.29 is 19.4 Å². The van der Waals surface area contributed by atoms with Crippen molar-refractivity contribution in [1.29, 1.82) is 0 Å². The van der Waals surface area contributed by atoms with Crippen molar-refractivity contribution in [3.05, 3.63) is 29.8 Å². The van der Waals surface area contributed by atoms with Crippen LogP contribution in [0.5, 0.6) is 5.75 Å². The van der Waals surface area contributed by atoms with Crippen LogP contribution in [0.15, 0.2) is 24.3 Å². The van der Waals surface area contributed by atoms with Crippen LogP contribution in [-0.4, -0.2) is 41.1 Å². The second-order valence-electron chi connectivity index (χ2n) is 5.07. The van der Waals surface area contributed by atoms with Gasteiger partial charge in [-0.3, -0.25) is 4.79 Å². The van der Waals surface area contributed by atoms with Crippen molar-refractivity contribution >= 4 is 11.9 Å². The van der Waals surface area contributed by atoms with E-state index in [0.29, 0.717) is 5.75 Å². The second kappa shape index (κ2) is 6.41. The first-order valence-corrected chi connectivity index (χ1v) is 6.51. The van der Waals surface area contributed by atoms with Gasteiger partial charge in [0.15, 0.2) is 6.61 Å².